The maximum atomic E-state index is 11.7. The van der Waals surface area contributed by atoms with E-state index in [1.54, 1.807) is 0 Å². The highest BCUT2D eigenvalue weighted by molar-refractivity contribution is 5.80. The molecule has 1 amide bonds. The maximum absolute atomic E-state index is 11.7. The van der Waals surface area contributed by atoms with Crippen LogP contribution in [-0.4, -0.2) is 42.8 Å². The molecule has 1 N–H and O–H groups in total. The number of hydrogen-bond donors (Lipinski definition) is 1. The Labute approximate surface area is 168 Å². The summed E-state index contributed by atoms with van der Waals surface area (Å²) in [6.45, 7) is 11.9. The van der Waals surface area contributed by atoms with Gasteiger partial charge in [-0.3, -0.25) is 9.59 Å². The Morgan fingerprint density at radius 1 is 0.889 bits per heavy atom. The second kappa shape index (κ2) is 18.5. The SMILES string of the molecule is CC.CCC(=O)C1CCCCC1.CCCCCCCC(=O)N1CCNCC1. The number of carbonyl (C=O) groups excluding carboxylic acids is 2. The summed E-state index contributed by atoms with van der Waals surface area (Å²) >= 11 is 0. The Morgan fingerprint density at radius 2 is 1.48 bits per heavy atom. The maximum Gasteiger partial charge on any atom is 0.222 e. The monoisotopic (exact) mass is 382 g/mol. The molecule has 0 atom stereocenters. The van der Waals surface area contributed by atoms with Crippen LogP contribution in [0, 0.1) is 5.92 Å². The zero-order valence-corrected chi connectivity index (χ0v) is 18.7. The molecule has 4 nitrogen and oxygen atoms in total. The van der Waals surface area contributed by atoms with Gasteiger partial charge in [0.05, 0.1) is 0 Å². The van der Waals surface area contributed by atoms with Gasteiger partial charge in [-0.05, 0) is 19.3 Å². The van der Waals surface area contributed by atoms with Crippen molar-refractivity contribution in [3.8, 4) is 0 Å². The van der Waals surface area contributed by atoms with E-state index in [9.17, 15) is 9.59 Å². The fourth-order valence-corrected chi connectivity index (χ4v) is 3.67. The zero-order valence-electron chi connectivity index (χ0n) is 18.7. The van der Waals surface area contributed by atoms with Crippen molar-refractivity contribution in [3.63, 3.8) is 0 Å². The zero-order chi connectivity index (χ0) is 20.3. The van der Waals surface area contributed by atoms with Crippen LogP contribution in [0.5, 0.6) is 0 Å². The Balaban J connectivity index is 0.000000488. The molecular weight excluding hydrogens is 336 g/mol. The molecular formula is C23H46N2O2. The van der Waals surface area contributed by atoms with Crippen molar-refractivity contribution in [2.75, 3.05) is 26.2 Å². The molecule has 0 unspecified atom stereocenters. The minimum Gasteiger partial charge on any atom is -0.340 e. The molecule has 1 heterocycles. The predicted molar refractivity (Wildman–Crippen MR) is 116 cm³/mol. The van der Waals surface area contributed by atoms with E-state index in [-0.39, 0.29) is 0 Å². The van der Waals surface area contributed by atoms with Crippen LogP contribution in [-0.2, 0) is 9.59 Å². The van der Waals surface area contributed by atoms with Crippen LogP contribution in [0.25, 0.3) is 0 Å². The lowest BCUT2D eigenvalue weighted by Crippen LogP contribution is -2.46. The standard InChI is InChI=1S/C12H24N2O.C9H16O.C2H6/c1-2-3-4-5-6-7-12(15)14-10-8-13-9-11-14;1-2-9(10)8-6-4-3-5-7-8;1-2/h13H,2-11H2,1H3;8H,2-7H2,1H3;1-2H3. The Morgan fingerprint density at radius 3 is 2.04 bits per heavy atom. The van der Waals surface area contributed by atoms with Crippen LogP contribution >= 0.6 is 0 Å². The van der Waals surface area contributed by atoms with Gasteiger partial charge in [0, 0.05) is 44.9 Å². The first-order valence-corrected chi connectivity index (χ1v) is 11.7. The molecule has 0 aromatic heterocycles. The summed E-state index contributed by atoms with van der Waals surface area (Å²) in [6.07, 6.45) is 13.8. The summed E-state index contributed by atoms with van der Waals surface area (Å²) < 4.78 is 0. The smallest absolute Gasteiger partial charge is 0.222 e. The molecule has 0 spiro atoms. The molecule has 4 heteroatoms. The largest absolute Gasteiger partial charge is 0.340 e. The molecule has 2 aliphatic rings. The minimum absolute atomic E-state index is 0.355. The van der Waals surface area contributed by atoms with Crippen LogP contribution in [0.3, 0.4) is 0 Å². The highest BCUT2D eigenvalue weighted by Crippen LogP contribution is 2.24. The Hall–Kier alpha value is -0.900. The lowest BCUT2D eigenvalue weighted by atomic mass is 9.85. The summed E-state index contributed by atoms with van der Waals surface area (Å²) in [6, 6.07) is 0. The van der Waals surface area contributed by atoms with E-state index in [0.717, 1.165) is 58.3 Å². The minimum atomic E-state index is 0.355. The molecule has 1 saturated heterocycles. The second-order valence-corrected chi connectivity index (χ2v) is 7.45. The first-order chi connectivity index (χ1) is 13.2. The van der Waals surface area contributed by atoms with Crippen LogP contribution in [0.4, 0.5) is 0 Å². The summed E-state index contributed by atoms with van der Waals surface area (Å²) in [5.41, 5.74) is 0. The van der Waals surface area contributed by atoms with E-state index < -0.39 is 0 Å². The quantitative estimate of drug-likeness (QED) is 0.576. The summed E-state index contributed by atoms with van der Waals surface area (Å²) in [7, 11) is 0. The fraction of sp³-hybridized carbons (Fsp3) is 0.913. The lowest BCUT2D eigenvalue weighted by Gasteiger charge is -2.27. The first kappa shape index (κ1) is 26.1. The molecule has 2 rings (SSSR count). The summed E-state index contributed by atoms with van der Waals surface area (Å²) in [5, 5.41) is 3.26. The van der Waals surface area contributed by atoms with Gasteiger partial charge in [-0.25, -0.2) is 0 Å². The fourth-order valence-electron chi connectivity index (χ4n) is 3.67. The van der Waals surface area contributed by atoms with Crippen molar-refractivity contribution in [2.45, 2.75) is 105 Å². The van der Waals surface area contributed by atoms with Crippen LogP contribution in [0.15, 0.2) is 0 Å². The number of nitrogens with zero attached hydrogens (tertiary/aromatic N) is 1. The van der Waals surface area contributed by atoms with E-state index in [1.165, 1.54) is 44.9 Å². The third-order valence-electron chi connectivity index (χ3n) is 5.37. The van der Waals surface area contributed by atoms with E-state index in [2.05, 4.69) is 12.2 Å². The van der Waals surface area contributed by atoms with Gasteiger partial charge in [-0.1, -0.05) is 72.6 Å². The van der Waals surface area contributed by atoms with E-state index in [1.807, 2.05) is 25.7 Å². The highest BCUT2D eigenvalue weighted by Gasteiger charge is 2.18. The van der Waals surface area contributed by atoms with Gasteiger partial charge in [-0.15, -0.1) is 0 Å². The molecule has 27 heavy (non-hydrogen) atoms. The summed E-state index contributed by atoms with van der Waals surface area (Å²) in [5.74, 6) is 1.27. The number of nitrogens with one attached hydrogen (secondary N) is 1. The van der Waals surface area contributed by atoms with Gasteiger partial charge in [0.2, 0.25) is 5.91 Å². The van der Waals surface area contributed by atoms with E-state index >= 15 is 0 Å². The van der Waals surface area contributed by atoms with Crippen molar-refractivity contribution < 1.29 is 9.59 Å². The van der Waals surface area contributed by atoms with E-state index in [4.69, 9.17) is 0 Å². The third-order valence-corrected chi connectivity index (χ3v) is 5.37. The molecule has 160 valence electrons. The van der Waals surface area contributed by atoms with Gasteiger partial charge in [0.1, 0.15) is 5.78 Å². The predicted octanol–water partition coefficient (Wildman–Crippen LogP) is 5.35. The average Bonchev–Trinajstić information content (AvgIpc) is 2.76. The number of amides is 1. The summed E-state index contributed by atoms with van der Waals surface area (Å²) in [4.78, 5) is 24.9. The number of carbonyl (C=O) groups is 2. The molecule has 0 aromatic rings. The van der Waals surface area contributed by atoms with E-state index in [0.29, 0.717) is 17.6 Å². The van der Waals surface area contributed by atoms with Gasteiger partial charge < -0.3 is 10.2 Å². The topological polar surface area (TPSA) is 49.4 Å². The number of Topliss-reactive ketones (excluding diaryl/α,β-unsaturated/α-hetero) is 1. The first-order valence-electron chi connectivity index (χ1n) is 11.7. The number of hydrogen-bond acceptors (Lipinski definition) is 3. The molecule has 0 radical (unpaired) electrons. The van der Waals surface area contributed by atoms with Gasteiger partial charge in [0.25, 0.3) is 0 Å². The number of piperazine rings is 1. The molecule has 1 aliphatic carbocycles. The van der Waals surface area contributed by atoms with Crippen molar-refractivity contribution in [1.82, 2.24) is 10.2 Å². The van der Waals surface area contributed by atoms with Crippen molar-refractivity contribution in [1.29, 1.82) is 0 Å². The molecule has 1 aliphatic heterocycles. The van der Waals surface area contributed by atoms with Crippen LogP contribution < -0.4 is 5.32 Å². The van der Waals surface area contributed by atoms with Gasteiger partial charge >= 0.3 is 0 Å². The van der Waals surface area contributed by atoms with Crippen LogP contribution in [0.2, 0.25) is 0 Å². The second-order valence-electron chi connectivity index (χ2n) is 7.45. The van der Waals surface area contributed by atoms with Crippen molar-refractivity contribution >= 4 is 11.7 Å². The number of rotatable bonds is 8. The number of ketones is 1. The van der Waals surface area contributed by atoms with Gasteiger partial charge in [0.15, 0.2) is 0 Å². The lowest BCUT2D eigenvalue weighted by molar-refractivity contribution is -0.131. The average molecular weight is 383 g/mol. The number of unbranched alkanes of at least 4 members (excludes halogenated alkanes) is 4. The Kier molecular flexibility index (Phi) is 17.8. The van der Waals surface area contributed by atoms with Crippen molar-refractivity contribution in [3.05, 3.63) is 0 Å². The molecule has 2 fully saturated rings. The van der Waals surface area contributed by atoms with Crippen molar-refractivity contribution in [2.24, 2.45) is 5.92 Å². The van der Waals surface area contributed by atoms with Crippen LogP contribution in [0.1, 0.15) is 105 Å². The van der Waals surface area contributed by atoms with Gasteiger partial charge in [-0.2, -0.15) is 0 Å². The normalized spacial score (nSPS) is 17.3. The Bertz CT molecular complexity index is 359. The molecule has 0 bridgehead atoms. The molecule has 1 saturated carbocycles. The molecule has 0 aromatic carbocycles. The highest BCUT2D eigenvalue weighted by atomic mass is 16.2. The third kappa shape index (κ3) is 13.0.